The van der Waals surface area contributed by atoms with E-state index in [9.17, 15) is 0 Å². The van der Waals surface area contributed by atoms with Gasteiger partial charge >= 0.3 is 0 Å². The van der Waals surface area contributed by atoms with Gasteiger partial charge in [0.25, 0.3) is 0 Å². The van der Waals surface area contributed by atoms with E-state index in [-0.39, 0.29) is 0 Å². The van der Waals surface area contributed by atoms with Crippen LogP contribution in [0.15, 0.2) is 16.7 Å². The average molecular weight is 278 g/mol. The molecule has 1 aromatic rings. The minimum absolute atomic E-state index is 0.702. The first kappa shape index (κ1) is 15.6. The molecule has 1 fully saturated rings. The van der Waals surface area contributed by atoms with Gasteiger partial charge in [0.1, 0.15) is 5.76 Å². The summed E-state index contributed by atoms with van der Waals surface area (Å²) in [5.41, 5.74) is 1.35. The predicted molar refractivity (Wildman–Crippen MR) is 83.5 cm³/mol. The molecule has 0 saturated heterocycles. The van der Waals surface area contributed by atoms with Gasteiger partial charge in [0, 0.05) is 31.2 Å². The van der Waals surface area contributed by atoms with E-state index in [1.54, 1.807) is 0 Å². The Morgan fingerprint density at radius 1 is 1.20 bits per heavy atom. The summed E-state index contributed by atoms with van der Waals surface area (Å²) in [5, 5.41) is 3.54. The highest BCUT2D eigenvalue weighted by Crippen LogP contribution is 2.21. The highest BCUT2D eigenvalue weighted by Gasteiger charge is 2.21. The molecule has 0 radical (unpaired) electrons. The average Bonchev–Trinajstić information content (AvgIpc) is 3.06. The second-order valence-corrected chi connectivity index (χ2v) is 7.01. The van der Waals surface area contributed by atoms with Gasteiger partial charge in [-0.3, -0.25) is 4.90 Å². The third-order valence-electron chi connectivity index (χ3n) is 3.61. The Labute approximate surface area is 123 Å². The minimum atomic E-state index is 0.702. The van der Waals surface area contributed by atoms with Crippen molar-refractivity contribution in [3.8, 4) is 0 Å². The van der Waals surface area contributed by atoms with Crippen molar-refractivity contribution in [3.63, 3.8) is 0 Å². The van der Waals surface area contributed by atoms with Crippen LogP contribution in [0.1, 0.15) is 51.9 Å². The van der Waals surface area contributed by atoms with Crippen LogP contribution >= 0.6 is 0 Å². The van der Waals surface area contributed by atoms with Gasteiger partial charge in [0.2, 0.25) is 0 Å². The lowest BCUT2D eigenvalue weighted by molar-refractivity contribution is 0.210. The van der Waals surface area contributed by atoms with E-state index < -0.39 is 0 Å². The third kappa shape index (κ3) is 5.29. The lowest BCUT2D eigenvalue weighted by atomic mass is 10.1. The SMILES string of the molecule is CC(C)CN(Cc1ccoc1CNC1CC1)CC(C)C. The smallest absolute Gasteiger partial charge is 0.122 e. The Balaban J connectivity index is 1.91. The fraction of sp³-hybridized carbons (Fsp3) is 0.765. The maximum absolute atomic E-state index is 5.66. The van der Waals surface area contributed by atoms with E-state index in [0.29, 0.717) is 11.8 Å². The molecule has 1 saturated carbocycles. The molecule has 1 N–H and O–H groups in total. The minimum Gasteiger partial charge on any atom is -0.468 e. The predicted octanol–water partition coefficient (Wildman–Crippen LogP) is 3.65. The molecule has 0 aliphatic heterocycles. The molecule has 0 aromatic carbocycles. The van der Waals surface area contributed by atoms with E-state index in [0.717, 1.165) is 38.0 Å². The van der Waals surface area contributed by atoms with E-state index in [2.05, 4.69) is 44.0 Å². The van der Waals surface area contributed by atoms with Crippen molar-refractivity contribution in [2.24, 2.45) is 11.8 Å². The Bertz CT molecular complexity index is 383. The zero-order valence-corrected chi connectivity index (χ0v) is 13.5. The maximum atomic E-state index is 5.66. The van der Waals surface area contributed by atoms with Gasteiger partial charge in [-0.2, -0.15) is 0 Å². The van der Waals surface area contributed by atoms with Crippen molar-refractivity contribution in [2.75, 3.05) is 13.1 Å². The highest BCUT2D eigenvalue weighted by atomic mass is 16.3. The molecule has 0 unspecified atom stereocenters. The van der Waals surface area contributed by atoms with Gasteiger partial charge in [-0.15, -0.1) is 0 Å². The van der Waals surface area contributed by atoms with Crippen LogP contribution in [0, 0.1) is 11.8 Å². The second kappa shape index (κ2) is 7.28. The Morgan fingerprint density at radius 3 is 2.40 bits per heavy atom. The van der Waals surface area contributed by atoms with E-state index in [4.69, 9.17) is 4.42 Å². The van der Waals surface area contributed by atoms with Gasteiger partial charge in [-0.1, -0.05) is 27.7 Å². The zero-order valence-electron chi connectivity index (χ0n) is 13.5. The molecule has 1 aliphatic carbocycles. The molecule has 1 heterocycles. The van der Waals surface area contributed by atoms with Crippen LogP contribution in [0.3, 0.4) is 0 Å². The van der Waals surface area contributed by atoms with Crippen molar-refractivity contribution in [1.82, 2.24) is 10.2 Å². The van der Waals surface area contributed by atoms with Crippen molar-refractivity contribution < 1.29 is 4.42 Å². The molecule has 1 aliphatic rings. The molecule has 3 nitrogen and oxygen atoms in total. The summed E-state index contributed by atoms with van der Waals surface area (Å²) >= 11 is 0. The molecule has 0 amide bonds. The summed E-state index contributed by atoms with van der Waals surface area (Å²) < 4.78 is 5.66. The van der Waals surface area contributed by atoms with Crippen LogP contribution in [0.5, 0.6) is 0 Å². The molecule has 0 spiro atoms. The fourth-order valence-corrected chi connectivity index (χ4v) is 2.66. The summed E-state index contributed by atoms with van der Waals surface area (Å²) in [6.45, 7) is 13.4. The van der Waals surface area contributed by atoms with Gasteiger partial charge in [0.15, 0.2) is 0 Å². The lowest BCUT2D eigenvalue weighted by Crippen LogP contribution is -2.31. The van der Waals surface area contributed by atoms with Crippen LogP contribution in [0.4, 0.5) is 0 Å². The molecular weight excluding hydrogens is 248 g/mol. The first-order chi connectivity index (χ1) is 9.54. The molecule has 0 bridgehead atoms. The summed E-state index contributed by atoms with van der Waals surface area (Å²) in [4.78, 5) is 2.56. The van der Waals surface area contributed by atoms with Gasteiger partial charge in [0.05, 0.1) is 12.8 Å². The van der Waals surface area contributed by atoms with E-state index in [1.807, 2.05) is 6.26 Å². The van der Waals surface area contributed by atoms with Crippen LogP contribution in [0.25, 0.3) is 0 Å². The topological polar surface area (TPSA) is 28.4 Å². The van der Waals surface area contributed by atoms with Crippen LogP contribution in [0.2, 0.25) is 0 Å². The second-order valence-electron chi connectivity index (χ2n) is 7.01. The maximum Gasteiger partial charge on any atom is 0.122 e. The van der Waals surface area contributed by atoms with Crippen LogP contribution in [-0.4, -0.2) is 24.0 Å². The molecule has 0 atom stereocenters. The number of nitrogens with zero attached hydrogens (tertiary/aromatic N) is 1. The summed E-state index contributed by atoms with van der Waals surface area (Å²) in [6, 6.07) is 2.87. The summed E-state index contributed by atoms with van der Waals surface area (Å²) in [5.74, 6) is 2.52. The number of furan rings is 1. The molecule has 20 heavy (non-hydrogen) atoms. The summed E-state index contributed by atoms with van der Waals surface area (Å²) in [7, 11) is 0. The van der Waals surface area contributed by atoms with Gasteiger partial charge in [-0.25, -0.2) is 0 Å². The molecule has 3 heteroatoms. The van der Waals surface area contributed by atoms with Crippen molar-refractivity contribution >= 4 is 0 Å². The largest absolute Gasteiger partial charge is 0.468 e. The monoisotopic (exact) mass is 278 g/mol. The fourth-order valence-electron chi connectivity index (χ4n) is 2.66. The molecule has 2 rings (SSSR count). The first-order valence-corrected chi connectivity index (χ1v) is 8.05. The Hall–Kier alpha value is -0.800. The van der Waals surface area contributed by atoms with Crippen molar-refractivity contribution in [2.45, 2.75) is 59.7 Å². The summed E-state index contributed by atoms with van der Waals surface area (Å²) in [6.07, 6.45) is 4.48. The third-order valence-corrected chi connectivity index (χ3v) is 3.61. The lowest BCUT2D eigenvalue weighted by Gasteiger charge is -2.26. The highest BCUT2D eigenvalue weighted by molar-refractivity contribution is 5.17. The number of hydrogen-bond acceptors (Lipinski definition) is 3. The molecule has 114 valence electrons. The number of rotatable bonds is 9. The van der Waals surface area contributed by atoms with Crippen molar-refractivity contribution in [3.05, 3.63) is 23.7 Å². The standard InChI is InChI=1S/C17H30N2O/c1-13(2)10-19(11-14(3)4)12-15-7-8-20-17(15)9-18-16-5-6-16/h7-8,13-14,16,18H,5-6,9-12H2,1-4H3. The van der Waals surface area contributed by atoms with E-state index in [1.165, 1.54) is 18.4 Å². The van der Waals surface area contributed by atoms with Crippen LogP contribution in [-0.2, 0) is 13.1 Å². The number of hydrogen-bond donors (Lipinski definition) is 1. The molecular formula is C17H30N2O. The first-order valence-electron chi connectivity index (χ1n) is 8.05. The molecule has 1 aromatic heterocycles. The Morgan fingerprint density at radius 2 is 1.85 bits per heavy atom. The van der Waals surface area contributed by atoms with Gasteiger partial charge in [-0.05, 0) is 30.7 Å². The quantitative estimate of drug-likeness (QED) is 0.747. The normalized spacial score (nSPS) is 15.8. The zero-order chi connectivity index (χ0) is 14.5. The van der Waals surface area contributed by atoms with Gasteiger partial charge < -0.3 is 9.73 Å². The van der Waals surface area contributed by atoms with E-state index >= 15 is 0 Å². The van der Waals surface area contributed by atoms with Crippen LogP contribution < -0.4 is 5.32 Å². The Kier molecular flexibility index (Phi) is 5.67. The number of nitrogens with one attached hydrogen (secondary N) is 1. The van der Waals surface area contributed by atoms with Crippen molar-refractivity contribution in [1.29, 1.82) is 0 Å².